The highest BCUT2D eigenvalue weighted by molar-refractivity contribution is 9.11. The minimum Gasteiger partial charge on any atom is -0.259 e. The van der Waals surface area contributed by atoms with Crippen molar-refractivity contribution in [1.29, 1.82) is 0 Å². The second-order valence-corrected chi connectivity index (χ2v) is 9.96. The van der Waals surface area contributed by atoms with Crippen LogP contribution >= 0.6 is 27.3 Å². The van der Waals surface area contributed by atoms with Crippen molar-refractivity contribution in [3.05, 3.63) is 14.7 Å². The number of thiophene rings is 1. The van der Waals surface area contributed by atoms with Crippen molar-refractivity contribution < 1.29 is 12.6 Å². The normalized spacial score (nSPS) is 19.6. The van der Waals surface area contributed by atoms with Gasteiger partial charge < -0.3 is 0 Å². The van der Waals surface area contributed by atoms with Gasteiger partial charge in [-0.25, -0.2) is 8.42 Å². The van der Waals surface area contributed by atoms with Gasteiger partial charge in [0.2, 0.25) is 10.0 Å². The van der Waals surface area contributed by atoms with Crippen molar-refractivity contribution in [2.24, 2.45) is 0 Å². The quantitative estimate of drug-likeness (QED) is 0.807. The molecule has 17 heavy (non-hydrogen) atoms. The van der Waals surface area contributed by atoms with Crippen LogP contribution in [0.3, 0.4) is 0 Å². The van der Waals surface area contributed by atoms with E-state index in [0.717, 1.165) is 8.66 Å². The highest BCUT2D eigenvalue weighted by Gasteiger charge is 2.30. The molecule has 1 aromatic heterocycles. The largest absolute Gasteiger partial charge is 0.259 e. The Morgan fingerprint density at radius 3 is 2.47 bits per heavy atom. The van der Waals surface area contributed by atoms with E-state index < -0.39 is 20.8 Å². The van der Waals surface area contributed by atoms with Crippen LogP contribution in [0.25, 0.3) is 0 Å². The predicted octanol–water partition coefficient (Wildman–Crippen LogP) is 1.57. The molecule has 1 aliphatic rings. The van der Waals surface area contributed by atoms with Gasteiger partial charge in [-0.2, -0.15) is 4.31 Å². The van der Waals surface area contributed by atoms with Crippen molar-refractivity contribution in [2.75, 3.05) is 24.6 Å². The Hall–Kier alpha value is 0.240. The van der Waals surface area contributed by atoms with Gasteiger partial charge in [-0.1, -0.05) is 0 Å². The Morgan fingerprint density at radius 2 is 2.00 bits per heavy atom. The number of hydrogen-bond donors (Lipinski definition) is 0. The van der Waals surface area contributed by atoms with Crippen molar-refractivity contribution >= 4 is 48.1 Å². The van der Waals surface area contributed by atoms with Gasteiger partial charge in [0.25, 0.3) is 0 Å². The first-order valence-electron chi connectivity index (χ1n) is 5.02. The summed E-state index contributed by atoms with van der Waals surface area (Å²) in [4.78, 5) is 1.14. The summed E-state index contributed by atoms with van der Waals surface area (Å²) in [5.74, 6) is 0.868. The van der Waals surface area contributed by atoms with Crippen LogP contribution in [0.4, 0.5) is 0 Å². The first-order chi connectivity index (χ1) is 7.91. The van der Waals surface area contributed by atoms with Gasteiger partial charge in [-0.15, -0.1) is 11.3 Å². The van der Waals surface area contributed by atoms with Crippen LogP contribution in [0.15, 0.2) is 14.7 Å². The molecule has 8 heteroatoms. The fourth-order valence-corrected chi connectivity index (χ4v) is 6.80. The lowest BCUT2D eigenvalue weighted by atomic mass is 10.5. The fraction of sp³-hybridized carbons (Fsp3) is 0.556. The number of nitrogens with zero attached hydrogens (tertiary/aromatic N) is 1. The topological polar surface area (TPSA) is 54.5 Å². The third-order valence-corrected chi connectivity index (χ3v) is 7.58. The molecule has 96 valence electrons. The summed E-state index contributed by atoms with van der Waals surface area (Å²) in [6.45, 7) is 2.49. The summed E-state index contributed by atoms with van der Waals surface area (Å²) < 4.78 is 38.1. The standard InChI is InChI=1S/C9H12BrNO3S3/c1-7-8(6-9(10)15-7)17(13,14)11-2-4-16(12)5-3-11/h6H,2-5H2,1H3. The molecule has 0 saturated carbocycles. The van der Waals surface area contributed by atoms with Crippen LogP contribution in [0, 0.1) is 6.92 Å². The van der Waals surface area contributed by atoms with E-state index >= 15 is 0 Å². The predicted molar refractivity (Wildman–Crippen MR) is 73.4 cm³/mol. The van der Waals surface area contributed by atoms with E-state index in [0.29, 0.717) is 29.5 Å². The average Bonchev–Trinajstić information content (AvgIpc) is 2.59. The Kier molecular flexibility index (Phi) is 4.09. The summed E-state index contributed by atoms with van der Waals surface area (Å²) in [7, 11) is -4.28. The van der Waals surface area contributed by atoms with Crippen LogP contribution in [0.2, 0.25) is 0 Å². The first-order valence-corrected chi connectivity index (χ1v) is 9.56. The van der Waals surface area contributed by atoms with Gasteiger partial charge in [0.15, 0.2) is 0 Å². The number of rotatable bonds is 2. The minimum absolute atomic E-state index is 0.349. The molecule has 0 aromatic carbocycles. The molecule has 1 aromatic rings. The molecule has 2 heterocycles. The first kappa shape index (κ1) is 13.7. The van der Waals surface area contributed by atoms with Crippen LogP contribution < -0.4 is 0 Å². The van der Waals surface area contributed by atoms with Crippen LogP contribution in [-0.4, -0.2) is 41.5 Å². The number of halogens is 1. The highest BCUT2D eigenvalue weighted by Crippen LogP contribution is 2.31. The average molecular weight is 358 g/mol. The third kappa shape index (κ3) is 2.81. The second-order valence-electron chi connectivity index (χ2n) is 3.72. The second kappa shape index (κ2) is 5.08. The number of aryl methyl sites for hydroxylation is 1. The molecule has 1 aliphatic heterocycles. The minimum atomic E-state index is -3.42. The van der Waals surface area contributed by atoms with Gasteiger partial charge in [0, 0.05) is 40.3 Å². The summed E-state index contributed by atoms with van der Waals surface area (Å²) in [6.07, 6.45) is 0. The molecule has 0 spiro atoms. The number of hydrogen-bond acceptors (Lipinski definition) is 4. The molecule has 0 bridgehead atoms. The van der Waals surface area contributed by atoms with Gasteiger partial charge in [0.05, 0.1) is 8.68 Å². The summed E-state index contributed by atoms with van der Waals surface area (Å²) >= 11 is 4.71. The molecule has 0 aliphatic carbocycles. The Bertz CT molecular complexity index is 542. The van der Waals surface area contributed by atoms with E-state index in [9.17, 15) is 12.6 Å². The molecule has 0 atom stereocenters. The van der Waals surface area contributed by atoms with Crippen LogP contribution in [0.1, 0.15) is 4.88 Å². The summed E-state index contributed by atoms with van der Waals surface area (Å²) in [5, 5.41) is 0. The van der Waals surface area contributed by atoms with Gasteiger partial charge in [-0.05, 0) is 28.9 Å². The highest BCUT2D eigenvalue weighted by atomic mass is 79.9. The van der Waals surface area contributed by atoms with Gasteiger partial charge >= 0.3 is 0 Å². The van der Waals surface area contributed by atoms with E-state index in [1.165, 1.54) is 15.6 Å². The maximum absolute atomic E-state index is 12.3. The smallest absolute Gasteiger partial charge is 0.244 e. The Balaban J connectivity index is 2.30. The lowest BCUT2D eigenvalue weighted by molar-refractivity contribution is 0.438. The molecule has 0 radical (unpaired) electrons. The van der Waals surface area contributed by atoms with E-state index in [1.54, 1.807) is 13.0 Å². The molecular weight excluding hydrogens is 346 g/mol. The van der Waals surface area contributed by atoms with Crippen molar-refractivity contribution in [1.82, 2.24) is 4.31 Å². The maximum atomic E-state index is 12.3. The maximum Gasteiger partial charge on any atom is 0.244 e. The lowest BCUT2D eigenvalue weighted by Crippen LogP contribution is -2.41. The van der Waals surface area contributed by atoms with E-state index in [1.807, 2.05) is 0 Å². The molecule has 1 fully saturated rings. The van der Waals surface area contributed by atoms with Gasteiger partial charge in [-0.3, -0.25) is 4.21 Å². The molecule has 0 amide bonds. The summed E-state index contributed by atoms with van der Waals surface area (Å²) in [5.41, 5.74) is 0. The summed E-state index contributed by atoms with van der Waals surface area (Å²) in [6, 6.07) is 1.64. The fourth-order valence-electron chi connectivity index (χ4n) is 1.69. The zero-order valence-corrected chi connectivity index (χ0v) is 13.2. The van der Waals surface area contributed by atoms with Crippen molar-refractivity contribution in [2.45, 2.75) is 11.8 Å². The Labute approximate surface area is 116 Å². The molecule has 0 unspecified atom stereocenters. The zero-order chi connectivity index (χ0) is 12.6. The zero-order valence-electron chi connectivity index (χ0n) is 9.18. The van der Waals surface area contributed by atoms with E-state index in [2.05, 4.69) is 15.9 Å². The van der Waals surface area contributed by atoms with Crippen molar-refractivity contribution in [3.8, 4) is 0 Å². The third-order valence-electron chi connectivity index (χ3n) is 2.60. The molecule has 4 nitrogen and oxygen atoms in total. The van der Waals surface area contributed by atoms with E-state index in [-0.39, 0.29) is 0 Å². The Morgan fingerprint density at radius 1 is 1.41 bits per heavy atom. The van der Waals surface area contributed by atoms with Gasteiger partial charge in [0.1, 0.15) is 0 Å². The van der Waals surface area contributed by atoms with Crippen molar-refractivity contribution in [3.63, 3.8) is 0 Å². The SMILES string of the molecule is Cc1sc(Br)cc1S(=O)(=O)N1CCS(=O)CC1. The van der Waals surface area contributed by atoms with E-state index in [4.69, 9.17) is 0 Å². The molecule has 1 saturated heterocycles. The monoisotopic (exact) mass is 357 g/mol. The number of sulfonamides is 1. The van der Waals surface area contributed by atoms with Crippen LogP contribution in [-0.2, 0) is 20.8 Å². The lowest BCUT2D eigenvalue weighted by Gasteiger charge is -2.25. The van der Waals surface area contributed by atoms with Crippen LogP contribution in [0.5, 0.6) is 0 Å². The molecule has 2 rings (SSSR count). The molecule has 0 N–H and O–H groups in total. The molecular formula is C9H12BrNO3S3.